The molecular formula is C9H16NO. The Morgan fingerprint density at radius 1 is 1.36 bits per heavy atom. The molecular weight excluding hydrogens is 138 g/mol. The number of carbonyl (C=O) groups excluding carboxylic acids is 1. The van der Waals surface area contributed by atoms with Gasteiger partial charge in [-0.25, -0.2) is 0 Å². The summed E-state index contributed by atoms with van der Waals surface area (Å²) in [5, 5.41) is 0. The van der Waals surface area contributed by atoms with E-state index in [-0.39, 0.29) is 11.8 Å². The minimum Gasteiger partial charge on any atom is -0.369 e. The summed E-state index contributed by atoms with van der Waals surface area (Å²) >= 11 is 0. The molecule has 2 N–H and O–H groups in total. The largest absolute Gasteiger partial charge is 0.369 e. The maximum atomic E-state index is 10.8. The maximum absolute atomic E-state index is 10.8. The Morgan fingerprint density at radius 2 is 2.18 bits per heavy atom. The third-order valence-electron chi connectivity index (χ3n) is 2.31. The lowest BCUT2D eigenvalue weighted by Gasteiger charge is -2.15. The first kappa shape index (κ1) is 8.57. The van der Waals surface area contributed by atoms with Gasteiger partial charge in [-0.3, -0.25) is 4.79 Å². The molecule has 1 amide bonds. The third kappa shape index (κ3) is 2.91. The van der Waals surface area contributed by atoms with Gasteiger partial charge in [0.05, 0.1) is 0 Å². The first-order valence-corrected chi connectivity index (χ1v) is 4.41. The van der Waals surface area contributed by atoms with Gasteiger partial charge in [-0.05, 0) is 19.3 Å². The van der Waals surface area contributed by atoms with E-state index in [9.17, 15) is 4.79 Å². The van der Waals surface area contributed by atoms with Crippen molar-refractivity contribution in [3.05, 3.63) is 6.42 Å². The molecule has 2 heteroatoms. The van der Waals surface area contributed by atoms with E-state index in [0.29, 0.717) is 0 Å². The van der Waals surface area contributed by atoms with E-state index in [1.807, 2.05) is 0 Å². The van der Waals surface area contributed by atoms with E-state index >= 15 is 0 Å². The lowest BCUT2D eigenvalue weighted by Crippen LogP contribution is -2.23. The van der Waals surface area contributed by atoms with Crippen LogP contribution in [0.1, 0.15) is 38.5 Å². The zero-order chi connectivity index (χ0) is 8.10. The molecule has 0 aromatic rings. The summed E-state index contributed by atoms with van der Waals surface area (Å²) in [5.41, 5.74) is 5.23. The van der Waals surface area contributed by atoms with Crippen LogP contribution >= 0.6 is 0 Å². The number of hydrogen-bond donors (Lipinski definition) is 1. The van der Waals surface area contributed by atoms with Crippen molar-refractivity contribution in [1.82, 2.24) is 0 Å². The summed E-state index contributed by atoms with van der Waals surface area (Å²) in [6, 6.07) is 0. The van der Waals surface area contributed by atoms with Crippen LogP contribution in [0.4, 0.5) is 0 Å². The predicted molar refractivity (Wildman–Crippen MR) is 44.7 cm³/mol. The second-order valence-corrected chi connectivity index (χ2v) is 3.26. The normalized spacial score (nSPS) is 22.2. The minimum atomic E-state index is -0.122. The fraction of sp³-hybridized carbons (Fsp3) is 0.778. The lowest BCUT2D eigenvalue weighted by atomic mass is 9.91. The number of carbonyl (C=O) groups is 1. The zero-order valence-electron chi connectivity index (χ0n) is 6.88. The summed E-state index contributed by atoms with van der Waals surface area (Å²) in [5.74, 6) is -0.00144. The van der Waals surface area contributed by atoms with E-state index in [4.69, 9.17) is 5.73 Å². The lowest BCUT2D eigenvalue weighted by molar-refractivity contribution is -0.122. The summed E-state index contributed by atoms with van der Waals surface area (Å²) in [4.78, 5) is 10.8. The molecule has 0 aromatic heterocycles. The van der Waals surface area contributed by atoms with Crippen molar-refractivity contribution in [3.8, 4) is 0 Å². The predicted octanol–water partition coefficient (Wildman–Crippen LogP) is 1.65. The summed E-state index contributed by atoms with van der Waals surface area (Å²) in [6.07, 6.45) is 8.95. The van der Waals surface area contributed by atoms with Gasteiger partial charge in [0.15, 0.2) is 0 Å². The van der Waals surface area contributed by atoms with Crippen molar-refractivity contribution in [2.24, 2.45) is 11.7 Å². The van der Waals surface area contributed by atoms with Crippen LogP contribution in [0.25, 0.3) is 0 Å². The van der Waals surface area contributed by atoms with Crippen molar-refractivity contribution in [1.29, 1.82) is 0 Å². The fourth-order valence-corrected chi connectivity index (χ4v) is 1.55. The molecule has 0 saturated heterocycles. The van der Waals surface area contributed by atoms with E-state index in [0.717, 1.165) is 19.3 Å². The highest BCUT2D eigenvalue weighted by Gasteiger charge is 2.15. The Balaban J connectivity index is 2.32. The summed E-state index contributed by atoms with van der Waals surface area (Å²) in [6.45, 7) is 0. The molecule has 1 fully saturated rings. The summed E-state index contributed by atoms with van der Waals surface area (Å²) < 4.78 is 0. The molecule has 1 unspecified atom stereocenters. The summed E-state index contributed by atoms with van der Waals surface area (Å²) in [7, 11) is 0. The quantitative estimate of drug-likeness (QED) is 0.613. The Kier molecular flexibility index (Phi) is 3.40. The van der Waals surface area contributed by atoms with Gasteiger partial charge >= 0.3 is 0 Å². The minimum absolute atomic E-state index is 0.121. The van der Waals surface area contributed by atoms with Crippen LogP contribution in [0.2, 0.25) is 0 Å². The highest BCUT2D eigenvalue weighted by molar-refractivity contribution is 5.76. The highest BCUT2D eigenvalue weighted by Crippen LogP contribution is 2.20. The average Bonchev–Trinajstić information content (AvgIpc) is 1.84. The van der Waals surface area contributed by atoms with Crippen LogP contribution in [0.15, 0.2) is 0 Å². The number of rotatable bonds is 1. The standard InChI is InChI=1S/C9H16NO/c10-9(11)8-6-4-2-1-3-5-7-8/h4,8H,1-3,5-7H2,(H2,10,11). The number of nitrogens with two attached hydrogens (primary N) is 1. The van der Waals surface area contributed by atoms with Gasteiger partial charge in [-0.15, -0.1) is 0 Å². The Morgan fingerprint density at radius 3 is 2.91 bits per heavy atom. The molecule has 0 heterocycles. The van der Waals surface area contributed by atoms with Crippen LogP contribution < -0.4 is 5.73 Å². The van der Waals surface area contributed by atoms with Crippen molar-refractivity contribution in [2.45, 2.75) is 38.5 Å². The molecule has 0 aromatic carbocycles. The molecule has 1 aliphatic carbocycles. The SMILES string of the molecule is NC(=O)C1C[CH]CCCCC1. The van der Waals surface area contributed by atoms with Gasteiger partial charge in [0.25, 0.3) is 0 Å². The molecule has 0 bridgehead atoms. The molecule has 1 atom stereocenters. The van der Waals surface area contributed by atoms with Gasteiger partial charge in [0.2, 0.25) is 5.91 Å². The third-order valence-corrected chi connectivity index (χ3v) is 2.31. The molecule has 11 heavy (non-hydrogen) atoms. The Bertz CT molecular complexity index is 126. The second kappa shape index (κ2) is 4.37. The molecule has 1 aliphatic rings. The van der Waals surface area contributed by atoms with Crippen molar-refractivity contribution in [3.63, 3.8) is 0 Å². The molecule has 0 aliphatic heterocycles. The van der Waals surface area contributed by atoms with Crippen molar-refractivity contribution >= 4 is 5.91 Å². The van der Waals surface area contributed by atoms with Gasteiger partial charge < -0.3 is 5.73 Å². The smallest absolute Gasteiger partial charge is 0.220 e. The molecule has 1 saturated carbocycles. The van der Waals surface area contributed by atoms with Crippen molar-refractivity contribution < 1.29 is 4.79 Å². The Hall–Kier alpha value is -0.530. The first-order valence-electron chi connectivity index (χ1n) is 4.41. The first-order chi connectivity index (χ1) is 5.30. The van der Waals surface area contributed by atoms with Gasteiger partial charge in [0, 0.05) is 5.92 Å². The zero-order valence-corrected chi connectivity index (χ0v) is 6.88. The van der Waals surface area contributed by atoms with E-state index in [1.54, 1.807) is 0 Å². The van der Waals surface area contributed by atoms with Gasteiger partial charge in [-0.1, -0.05) is 25.7 Å². The van der Waals surface area contributed by atoms with E-state index < -0.39 is 0 Å². The number of amides is 1. The molecule has 63 valence electrons. The van der Waals surface area contributed by atoms with E-state index in [1.165, 1.54) is 19.3 Å². The van der Waals surface area contributed by atoms with Crippen LogP contribution in [0, 0.1) is 12.3 Å². The van der Waals surface area contributed by atoms with Crippen molar-refractivity contribution in [2.75, 3.05) is 0 Å². The van der Waals surface area contributed by atoms with Crippen LogP contribution in [-0.4, -0.2) is 5.91 Å². The average molecular weight is 154 g/mol. The molecule has 1 rings (SSSR count). The second-order valence-electron chi connectivity index (χ2n) is 3.26. The fourth-order valence-electron chi connectivity index (χ4n) is 1.55. The van der Waals surface area contributed by atoms with E-state index in [2.05, 4.69) is 6.42 Å². The van der Waals surface area contributed by atoms with Crippen LogP contribution in [-0.2, 0) is 4.79 Å². The van der Waals surface area contributed by atoms with Gasteiger partial charge in [0.1, 0.15) is 0 Å². The number of primary amides is 1. The molecule has 1 radical (unpaired) electrons. The molecule has 2 nitrogen and oxygen atoms in total. The Labute approximate surface area is 68.2 Å². The van der Waals surface area contributed by atoms with Gasteiger partial charge in [-0.2, -0.15) is 0 Å². The number of hydrogen-bond acceptors (Lipinski definition) is 1. The topological polar surface area (TPSA) is 43.1 Å². The highest BCUT2D eigenvalue weighted by atomic mass is 16.1. The van der Waals surface area contributed by atoms with Crippen LogP contribution in [0.3, 0.4) is 0 Å². The molecule has 0 spiro atoms. The monoisotopic (exact) mass is 154 g/mol. The maximum Gasteiger partial charge on any atom is 0.220 e. The van der Waals surface area contributed by atoms with Crippen LogP contribution in [0.5, 0.6) is 0 Å².